The molecule has 111 heavy (non-hydrogen) atoms. The van der Waals surface area contributed by atoms with Crippen molar-refractivity contribution in [2.75, 3.05) is 32.8 Å². The fourth-order valence-electron chi connectivity index (χ4n) is 11.8. The maximum Gasteiger partial charge on any atom is 0.305 e. The molecule has 0 unspecified atom stereocenters. The van der Waals surface area contributed by atoms with Crippen LogP contribution in [-0.4, -0.2) is 215 Å². The molecule has 2 aromatic heterocycles. The Bertz CT molecular complexity index is 4160. The molecule has 0 aliphatic carbocycles. The van der Waals surface area contributed by atoms with Crippen molar-refractivity contribution in [2.24, 2.45) is 16.9 Å². The molecule has 0 saturated heterocycles. The number of nitrogens with one attached hydrogen (secondary N) is 12. The predicted molar refractivity (Wildman–Crippen MR) is 400 cm³/mol. The van der Waals surface area contributed by atoms with Crippen LogP contribution in [0.5, 0.6) is 5.75 Å². The van der Waals surface area contributed by atoms with Crippen LogP contribution in [0.2, 0.25) is 0 Å². The molecule has 4 aromatic carbocycles. The highest BCUT2D eigenvalue weighted by molar-refractivity contribution is 6.06. The molecule has 11 amide bonds. The van der Waals surface area contributed by atoms with Gasteiger partial charge in [-0.05, 0) is 145 Å². The van der Waals surface area contributed by atoms with Gasteiger partial charge in [0.05, 0.1) is 44.7 Å². The maximum absolute atomic E-state index is 15.5. The largest absolute Gasteiger partial charge is 0.494 e. The molecular formula is C75H101FN18O17. The number of aliphatic hydroxyl groups excluding tert-OH is 3. The predicted octanol–water partition coefficient (Wildman–Crippen LogP) is -1.44. The highest BCUT2D eigenvalue weighted by Gasteiger charge is 2.43. The minimum atomic E-state index is -2.40. The maximum atomic E-state index is 15.5. The molecule has 20 N–H and O–H groups in total. The number of aromatic nitrogens is 6. The molecule has 6 rings (SSSR count). The van der Waals surface area contributed by atoms with E-state index >= 15 is 4.39 Å². The summed E-state index contributed by atoms with van der Waals surface area (Å²) in [5.41, 5.74) is 14.0. The Morgan fingerprint density at radius 2 is 1.29 bits per heavy atom. The highest BCUT2D eigenvalue weighted by Crippen LogP contribution is 2.29. The average molecular weight is 1550 g/mol. The number of carbonyl (C=O) groups is 12. The van der Waals surface area contributed by atoms with Crippen molar-refractivity contribution in [2.45, 2.75) is 186 Å². The normalized spacial score (nSPS) is 14.3. The Kier molecular flexibility index (Phi) is 33.7. The number of amides is 11. The van der Waals surface area contributed by atoms with E-state index in [-0.39, 0.29) is 30.8 Å². The summed E-state index contributed by atoms with van der Waals surface area (Å²) in [6.45, 7) is 10.6. The van der Waals surface area contributed by atoms with Crippen LogP contribution in [-0.2, 0) is 96.1 Å². The second-order valence-corrected chi connectivity index (χ2v) is 27.8. The summed E-state index contributed by atoms with van der Waals surface area (Å²) in [5, 5.41) is 79.8. The number of aromatic amines is 2. The Balaban J connectivity index is 1.17. The highest BCUT2D eigenvalue weighted by atomic mass is 19.1. The number of carboxylic acids is 1. The number of halogens is 1. The zero-order chi connectivity index (χ0) is 81.7. The van der Waals surface area contributed by atoms with Crippen LogP contribution in [0.15, 0.2) is 97.5 Å². The SMILES string of the molecule is CCc1cc(OCCCCN)ccc1-c1ccc(C[C@H](NC(=O)[C@H](CC(=O)O)NC(=O)[C@H](CO)NC(=O)[C@@H](NC(=O)[C@](C)(Cc2ccccc2F)NC(=O)[C@@H](NC(=O)CNC(=O)[C@H](Cc2nn[nH]n2)NC(=O)C(C)(C)C(=O)NCCc2cnc[nH]2)[C@@H](C)O)[C@@H](C)O)C(=O)N[C@@H](CCCc2cc(C)cc(C)c2)C(N)=O)cc1. The molecule has 6 aromatic rings. The molecule has 600 valence electrons. The van der Waals surface area contributed by atoms with E-state index in [4.69, 9.17) is 16.2 Å². The Labute approximate surface area is 640 Å². The first-order chi connectivity index (χ1) is 52.6. The second kappa shape index (κ2) is 42.4. The third-order valence-electron chi connectivity index (χ3n) is 18.1. The van der Waals surface area contributed by atoms with Gasteiger partial charge in [0.1, 0.15) is 64.8 Å². The second-order valence-electron chi connectivity index (χ2n) is 27.8. The number of tetrazole rings is 1. The fraction of sp³-hybridized carbons (Fsp3) is 0.467. The summed E-state index contributed by atoms with van der Waals surface area (Å²) in [6, 6.07) is 11.1. The zero-order valence-electron chi connectivity index (χ0n) is 63.2. The number of rotatable bonds is 45. The number of aliphatic carboxylic acids is 1. The number of carbonyl (C=O) groups excluding carboxylic acids is 11. The van der Waals surface area contributed by atoms with E-state index in [1.54, 1.807) is 30.5 Å². The van der Waals surface area contributed by atoms with Gasteiger partial charge in [-0.25, -0.2) is 9.37 Å². The number of nitrogens with zero attached hydrogens (tertiary/aromatic N) is 4. The van der Waals surface area contributed by atoms with Gasteiger partial charge in [0, 0.05) is 44.1 Å². The molecule has 0 aliphatic heterocycles. The molecule has 2 heterocycles. The lowest BCUT2D eigenvalue weighted by Gasteiger charge is -2.34. The number of hydrogen-bond donors (Lipinski definition) is 18. The number of ether oxygens (including phenoxy) is 1. The van der Waals surface area contributed by atoms with E-state index < -0.39 is 175 Å². The number of imidazole rings is 1. The quantitative estimate of drug-likeness (QED) is 0.0154. The summed E-state index contributed by atoms with van der Waals surface area (Å²) in [7, 11) is 0. The first kappa shape index (κ1) is 88.3. The number of hydrogen-bond acceptors (Lipinski definition) is 21. The van der Waals surface area contributed by atoms with Crippen molar-refractivity contribution >= 4 is 70.9 Å². The number of benzene rings is 4. The van der Waals surface area contributed by atoms with Crippen LogP contribution in [0.4, 0.5) is 4.39 Å². The van der Waals surface area contributed by atoms with Crippen LogP contribution in [0.1, 0.15) is 119 Å². The molecule has 10 atom stereocenters. The van der Waals surface area contributed by atoms with Gasteiger partial charge in [0.25, 0.3) is 0 Å². The Morgan fingerprint density at radius 3 is 1.90 bits per heavy atom. The number of carboxylic acid groups (broad SMARTS) is 1. The van der Waals surface area contributed by atoms with Gasteiger partial charge in [-0.3, -0.25) is 57.5 Å². The molecule has 0 radical (unpaired) electrons. The third kappa shape index (κ3) is 27.2. The molecule has 0 aliphatic rings. The summed E-state index contributed by atoms with van der Waals surface area (Å²) >= 11 is 0. The minimum absolute atomic E-state index is 0.0651. The van der Waals surface area contributed by atoms with Crippen molar-refractivity contribution in [3.05, 3.63) is 148 Å². The van der Waals surface area contributed by atoms with Gasteiger partial charge in [0.2, 0.25) is 65.0 Å². The number of H-pyrrole nitrogens is 2. The van der Waals surface area contributed by atoms with E-state index in [0.717, 1.165) is 73.1 Å². The van der Waals surface area contributed by atoms with E-state index in [0.29, 0.717) is 55.8 Å². The summed E-state index contributed by atoms with van der Waals surface area (Å²) < 4.78 is 21.5. The van der Waals surface area contributed by atoms with Crippen LogP contribution >= 0.6 is 0 Å². The van der Waals surface area contributed by atoms with Gasteiger partial charge in [-0.2, -0.15) is 5.21 Å². The molecule has 0 saturated carbocycles. The van der Waals surface area contributed by atoms with Gasteiger partial charge in [0.15, 0.2) is 5.82 Å². The minimum Gasteiger partial charge on any atom is -0.494 e. The number of aliphatic hydroxyl groups is 3. The van der Waals surface area contributed by atoms with E-state index in [1.165, 1.54) is 38.4 Å². The molecule has 35 nitrogen and oxygen atoms in total. The summed E-state index contributed by atoms with van der Waals surface area (Å²) in [6.07, 6.45) is 0.361. The number of unbranched alkanes of at least 4 members (excludes halogenated alkanes) is 1. The van der Waals surface area contributed by atoms with Crippen LogP contribution in [0, 0.1) is 25.1 Å². The zero-order valence-corrected chi connectivity index (χ0v) is 63.2. The lowest BCUT2D eigenvalue weighted by atomic mass is 9.90. The van der Waals surface area contributed by atoms with Crippen LogP contribution in [0.3, 0.4) is 0 Å². The van der Waals surface area contributed by atoms with Crippen molar-refractivity contribution in [1.82, 2.24) is 83.8 Å². The van der Waals surface area contributed by atoms with Gasteiger partial charge < -0.3 is 94.8 Å². The number of primary amides is 1. The summed E-state index contributed by atoms with van der Waals surface area (Å²) in [4.78, 5) is 173. The standard InChI is InChI=1S/C75H101FN18O17/c1-9-47-33-51(111-28-13-12-26-77)23-24-52(47)48-21-19-45(20-22-48)32-55(66(103)83-54(64(78)101)18-14-15-46-30-41(2)29-42(3)31-46)84-67(104)57(35-61(99)100)85-68(105)58(39-95)86-69(106)62(43(4)96)89-73(110)75(8,36-49-16-10-11-17-53(49)76)90-70(107)63(44(5)97)88-60(98)38-81-65(102)56(34-59-91-93-94-92-59)87-72(109)74(6,7)71(108)80-27-25-50-37-79-40-82-50/h10-11,16-17,19-24,29-31,33,37,40,43-44,54-58,62-63,95-97H,9,12-15,18,25-28,32,34-36,38-39,77H2,1-8H3,(H2,78,101)(H,79,82)(H,80,108)(H,81,102)(H,83,103)(H,84,104)(H,85,105)(H,86,106)(H,87,109)(H,88,98)(H,89,110)(H,90,107)(H,99,100)(H,91,92,93,94)/t43-,44-,54+,55+,56+,57+,58+,62+,63+,75+/m1/s1. The summed E-state index contributed by atoms with van der Waals surface area (Å²) in [5.74, 6) is -14.2. The van der Waals surface area contributed by atoms with E-state index in [2.05, 4.69) is 83.8 Å². The van der Waals surface area contributed by atoms with Crippen molar-refractivity contribution in [1.29, 1.82) is 0 Å². The van der Waals surface area contributed by atoms with E-state index in [9.17, 15) is 78.0 Å². The van der Waals surface area contributed by atoms with Crippen LogP contribution in [0.25, 0.3) is 11.1 Å². The Morgan fingerprint density at radius 1 is 0.649 bits per heavy atom. The first-order valence-corrected chi connectivity index (χ1v) is 36.2. The van der Waals surface area contributed by atoms with Crippen molar-refractivity contribution in [3.8, 4) is 16.9 Å². The molecular weight excluding hydrogens is 1440 g/mol. The van der Waals surface area contributed by atoms with Crippen molar-refractivity contribution in [3.63, 3.8) is 0 Å². The Hall–Kier alpha value is -11.6. The number of nitrogens with two attached hydrogens (primary N) is 2. The average Bonchev–Trinajstić information content (AvgIpc) is 1.29. The molecule has 0 spiro atoms. The monoisotopic (exact) mass is 1540 g/mol. The van der Waals surface area contributed by atoms with Gasteiger partial charge in [-0.1, -0.05) is 90.0 Å². The van der Waals surface area contributed by atoms with Gasteiger partial charge >= 0.3 is 5.97 Å². The number of aryl methyl sites for hydroxylation is 4. The van der Waals surface area contributed by atoms with Crippen LogP contribution < -0.4 is 69.4 Å². The van der Waals surface area contributed by atoms with E-state index in [1.807, 2.05) is 57.2 Å². The molecule has 0 fully saturated rings. The lowest BCUT2D eigenvalue weighted by Crippen LogP contribution is -2.67. The third-order valence-corrected chi connectivity index (χ3v) is 18.1. The molecule has 36 heteroatoms. The first-order valence-electron chi connectivity index (χ1n) is 36.2. The van der Waals surface area contributed by atoms with Crippen molar-refractivity contribution < 1.29 is 87.1 Å². The van der Waals surface area contributed by atoms with Gasteiger partial charge in [-0.15, -0.1) is 10.2 Å². The smallest absolute Gasteiger partial charge is 0.305 e. The topological polar surface area (TPSA) is 550 Å². The lowest BCUT2D eigenvalue weighted by molar-refractivity contribution is -0.143. The molecule has 0 bridgehead atoms. The fourth-order valence-corrected chi connectivity index (χ4v) is 11.8.